The topological polar surface area (TPSA) is 59.4 Å². The van der Waals surface area contributed by atoms with Gasteiger partial charge in [0.2, 0.25) is 0 Å². The fraction of sp³-hybridized carbons (Fsp3) is 0.375. The Labute approximate surface area is 160 Å². The molecule has 0 spiro atoms. The molecule has 1 saturated heterocycles. The molecule has 1 aromatic carbocycles. The molecule has 1 fully saturated rings. The molecule has 6 nitrogen and oxygen atoms in total. The number of benzene rings is 1. The largest absolute Gasteiger partial charge is 0.381 e. The van der Waals surface area contributed by atoms with E-state index in [1.54, 1.807) is 18.2 Å². The molecule has 0 unspecified atom stereocenters. The molecule has 1 aliphatic heterocycles. The summed E-state index contributed by atoms with van der Waals surface area (Å²) in [5, 5.41) is 8.23. The summed E-state index contributed by atoms with van der Waals surface area (Å²) in [5.41, 5.74) is 0.532. The second-order valence-electron chi connectivity index (χ2n) is 5.60. The van der Waals surface area contributed by atoms with Crippen molar-refractivity contribution in [3.05, 3.63) is 49.8 Å². The van der Waals surface area contributed by atoms with Crippen LogP contribution < -0.4 is 10.9 Å². The smallest absolute Gasteiger partial charge is 0.292 e. The molecule has 0 radical (unpaired) electrons. The number of rotatable bonds is 5. The maximum atomic E-state index is 12.5. The third kappa shape index (κ3) is 4.65. The summed E-state index contributed by atoms with van der Waals surface area (Å²) in [6, 6.07) is 4.79. The van der Waals surface area contributed by atoms with Crippen molar-refractivity contribution in [1.29, 1.82) is 0 Å². The summed E-state index contributed by atoms with van der Waals surface area (Å²) in [6.07, 6.45) is 1.53. The average molecular weight is 404 g/mol. The van der Waals surface area contributed by atoms with Crippen LogP contribution in [0.15, 0.2) is 29.2 Å². The van der Waals surface area contributed by atoms with Crippen molar-refractivity contribution in [3.8, 4) is 5.69 Å². The van der Waals surface area contributed by atoms with Crippen molar-refractivity contribution < 1.29 is 4.74 Å². The van der Waals surface area contributed by atoms with E-state index in [-0.39, 0.29) is 5.02 Å². The van der Waals surface area contributed by atoms with Gasteiger partial charge in [-0.05, 0) is 18.2 Å². The summed E-state index contributed by atoms with van der Waals surface area (Å²) in [4.78, 5) is 14.8. The van der Waals surface area contributed by atoms with Crippen molar-refractivity contribution in [1.82, 2.24) is 14.7 Å². The van der Waals surface area contributed by atoms with Crippen LogP contribution in [0.25, 0.3) is 5.69 Å². The zero-order chi connectivity index (χ0) is 17.8. The summed E-state index contributed by atoms with van der Waals surface area (Å²) in [5.74, 6) is 0. The monoisotopic (exact) mass is 402 g/mol. The number of hydrogen-bond donors (Lipinski definition) is 1. The van der Waals surface area contributed by atoms with E-state index in [1.807, 2.05) is 0 Å². The van der Waals surface area contributed by atoms with Crippen molar-refractivity contribution in [3.63, 3.8) is 0 Å². The van der Waals surface area contributed by atoms with Gasteiger partial charge in [-0.3, -0.25) is 9.69 Å². The van der Waals surface area contributed by atoms with Crippen LogP contribution in [-0.2, 0) is 4.74 Å². The zero-order valence-electron chi connectivity index (χ0n) is 13.3. The van der Waals surface area contributed by atoms with Crippen LogP contribution in [0.2, 0.25) is 15.1 Å². The Morgan fingerprint density at radius 2 is 1.80 bits per heavy atom. The van der Waals surface area contributed by atoms with Crippen molar-refractivity contribution >= 4 is 40.5 Å². The molecule has 1 N–H and O–H groups in total. The molecule has 0 saturated carbocycles. The third-order valence-corrected chi connectivity index (χ3v) is 4.66. The van der Waals surface area contributed by atoms with Crippen molar-refractivity contribution in [2.24, 2.45) is 0 Å². The molecule has 0 aliphatic carbocycles. The van der Waals surface area contributed by atoms with E-state index in [0.29, 0.717) is 28.0 Å². The summed E-state index contributed by atoms with van der Waals surface area (Å²) in [6.45, 7) is 4.82. The zero-order valence-corrected chi connectivity index (χ0v) is 15.6. The quantitative estimate of drug-likeness (QED) is 0.832. The number of ether oxygens (including phenoxy) is 1. The molecule has 9 heteroatoms. The highest BCUT2D eigenvalue weighted by Gasteiger charge is 2.13. The van der Waals surface area contributed by atoms with E-state index in [9.17, 15) is 4.79 Å². The Bertz CT molecular complexity index is 786. The minimum atomic E-state index is -0.434. The van der Waals surface area contributed by atoms with Gasteiger partial charge in [-0.15, -0.1) is 0 Å². The van der Waals surface area contributed by atoms with Gasteiger partial charge in [0.25, 0.3) is 5.56 Å². The fourth-order valence-electron chi connectivity index (χ4n) is 2.57. The minimum absolute atomic E-state index is 0.0769. The maximum absolute atomic E-state index is 12.5. The minimum Gasteiger partial charge on any atom is -0.381 e. The van der Waals surface area contributed by atoms with Gasteiger partial charge in [0, 0.05) is 36.2 Å². The highest BCUT2D eigenvalue weighted by atomic mass is 35.5. The predicted octanol–water partition coefficient (Wildman–Crippen LogP) is 2.94. The number of nitrogens with one attached hydrogen (secondary N) is 1. The summed E-state index contributed by atoms with van der Waals surface area (Å²) in [7, 11) is 0. The Hall–Kier alpha value is -1.31. The molecule has 0 atom stereocenters. The lowest BCUT2D eigenvalue weighted by Crippen LogP contribution is -2.39. The number of aromatic nitrogens is 2. The number of halogens is 3. The second-order valence-corrected chi connectivity index (χ2v) is 6.85. The van der Waals surface area contributed by atoms with Crippen LogP contribution in [0.5, 0.6) is 0 Å². The van der Waals surface area contributed by atoms with Crippen LogP contribution >= 0.6 is 34.8 Å². The first-order valence-corrected chi connectivity index (χ1v) is 8.96. The molecule has 2 aromatic rings. The first kappa shape index (κ1) is 18.5. The third-order valence-electron chi connectivity index (χ3n) is 3.86. The van der Waals surface area contributed by atoms with E-state index in [1.165, 1.54) is 10.9 Å². The Morgan fingerprint density at radius 1 is 1.12 bits per heavy atom. The molecule has 1 aliphatic rings. The maximum Gasteiger partial charge on any atom is 0.292 e. The summed E-state index contributed by atoms with van der Waals surface area (Å²) >= 11 is 18.2. The van der Waals surface area contributed by atoms with E-state index >= 15 is 0 Å². The normalized spacial score (nSPS) is 15.3. The number of hydrogen-bond acceptors (Lipinski definition) is 5. The molecule has 1 aromatic heterocycles. The molecular weight excluding hydrogens is 387 g/mol. The highest BCUT2D eigenvalue weighted by molar-refractivity contribution is 6.35. The van der Waals surface area contributed by atoms with E-state index in [2.05, 4.69) is 15.3 Å². The average Bonchev–Trinajstić information content (AvgIpc) is 2.59. The van der Waals surface area contributed by atoms with Gasteiger partial charge in [0.1, 0.15) is 5.02 Å². The van der Waals surface area contributed by atoms with Gasteiger partial charge < -0.3 is 10.1 Å². The van der Waals surface area contributed by atoms with Gasteiger partial charge in [-0.1, -0.05) is 34.8 Å². The Morgan fingerprint density at radius 3 is 2.48 bits per heavy atom. The van der Waals surface area contributed by atoms with E-state index in [4.69, 9.17) is 39.5 Å². The van der Waals surface area contributed by atoms with E-state index in [0.717, 1.165) is 32.8 Å². The second kappa shape index (κ2) is 8.38. The highest BCUT2D eigenvalue weighted by Crippen LogP contribution is 2.22. The number of nitrogens with zero attached hydrogens (tertiary/aromatic N) is 3. The number of anilines is 1. The molecule has 134 valence electrons. The lowest BCUT2D eigenvalue weighted by Gasteiger charge is -2.26. The van der Waals surface area contributed by atoms with Gasteiger partial charge in [-0.25, -0.2) is 0 Å². The summed E-state index contributed by atoms with van der Waals surface area (Å²) < 4.78 is 6.49. The van der Waals surface area contributed by atoms with Gasteiger partial charge in [0.05, 0.1) is 30.8 Å². The first-order valence-electron chi connectivity index (χ1n) is 7.83. The van der Waals surface area contributed by atoms with Gasteiger partial charge in [0.15, 0.2) is 0 Å². The fourth-order valence-corrected chi connectivity index (χ4v) is 3.29. The van der Waals surface area contributed by atoms with Crippen LogP contribution in [0, 0.1) is 0 Å². The molecule has 2 heterocycles. The number of morpholine rings is 1. The van der Waals surface area contributed by atoms with E-state index < -0.39 is 5.56 Å². The molecule has 25 heavy (non-hydrogen) atoms. The molecule has 0 bridgehead atoms. The molecular formula is C16H17Cl3N4O2. The standard InChI is InChI=1S/C16H17Cl3N4O2/c17-11-7-12(18)9-13(8-11)23-16(24)15(19)14(10-21-23)20-1-2-22-3-5-25-6-4-22/h7-10,20H,1-6H2. The SMILES string of the molecule is O=c1c(Cl)c(NCCN2CCOCC2)cnn1-c1cc(Cl)cc(Cl)c1. The van der Waals surface area contributed by atoms with Crippen LogP contribution in [0.3, 0.4) is 0 Å². The Balaban J connectivity index is 1.72. The first-order chi connectivity index (χ1) is 12.0. The predicted molar refractivity (Wildman–Crippen MR) is 101 cm³/mol. The molecule has 0 amide bonds. The van der Waals surface area contributed by atoms with Crippen molar-refractivity contribution in [2.75, 3.05) is 44.7 Å². The lowest BCUT2D eigenvalue weighted by atomic mass is 10.3. The van der Waals surface area contributed by atoms with Crippen LogP contribution in [-0.4, -0.2) is 54.1 Å². The lowest BCUT2D eigenvalue weighted by molar-refractivity contribution is 0.0398. The van der Waals surface area contributed by atoms with Gasteiger partial charge >= 0.3 is 0 Å². The van der Waals surface area contributed by atoms with Crippen molar-refractivity contribution in [2.45, 2.75) is 0 Å². The molecule has 3 rings (SSSR count). The van der Waals surface area contributed by atoms with Crippen LogP contribution in [0.1, 0.15) is 0 Å². The van der Waals surface area contributed by atoms with Crippen LogP contribution in [0.4, 0.5) is 5.69 Å². The van der Waals surface area contributed by atoms with Gasteiger partial charge in [-0.2, -0.15) is 9.78 Å². The Kier molecular flexibility index (Phi) is 6.19.